The summed E-state index contributed by atoms with van der Waals surface area (Å²) in [6, 6.07) is 0.258. The second-order valence-corrected chi connectivity index (χ2v) is 9.44. The molecule has 140 valence electrons. The number of ether oxygens (including phenoxy) is 1. The van der Waals surface area contributed by atoms with Gasteiger partial charge in [0.25, 0.3) is 0 Å². The van der Waals surface area contributed by atoms with Gasteiger partial charge in [0.2, 0.25) is 0 Å². The largest absolute Gasteiger partial charge is 0.469 e. The van der Waals surface area contributed by atoms with Crippen molar-refractivity contribution in [3.05, 3.63) is 0 Å². The van der Waals surface area contributed by atoms with E-state index < -0.39 is 5.60 Å². The number of rotatable bonds is 3. The minimum absolute atomic E-state index is 0.0961. The zero-order valence-corrected chi connectivity index (χ0v) is 16.0. The van der Waals surface area contributed by atoms with Crippen LogP contribution in [0, 0.1) is 35.0 Å². The molecule has 0 aromatic carbocycles. The van der Waals surface area contributed by atoms with Gasteiger partial charge in [-0.15, -0.1) is 0 Å². The third kappa shape index (κ3) is 1.86. The Morgan fingerprint density at radius 2 is 2.12 bits per heavy atom. The van der Waals surface area contributed by atoms with Gasteiger partial charge >= 0.3 is 5.97 Å². The van der Waals surface area contributed by atoms with Crippen molar-refractivity contribution in [1.82, 2.24) is 4.90 Å². The molecule has 1 N–H and O–H groups in total. The standard InChI is InChI=1S/C20H31NO4/c1-10(2)16-11-8-14(22)17(16)20(24)7-6-12-13(9-15(23)25-5)21(4)18(11)19(12,20)3/h10-13,16-18,24H,6-9H2,1-5H3/t11-,12-,13?,16-,17+,18-,19-,20-/m1/s1. The average molecular weight is 349 g/mol. The van der Waals surface area contributed by atoms with Gasteiger partial charge in [0.15, 0.2) is 0 Å². The molecule has 8 atom stereocenters. The summed E-state index contributed by atoms with van der Waals surface area (Å²) in [4.78, 5) is 27.2. The van der Waals surface area contributed by atoms with Gasteiger partial charge in [-0.3, -0.25) is 14.5 Å². The predicted octanol–water partition coefficient (Wildman–Crippen LogP) is 1.87. The van der Waals surface area contributed by atoms with Crippen LogP contribution < -0.4 is 0 Å². The van der Waals surface area contributed by atoms with E-state index in [-0.39, 0.29) is 52.9 Å². The highest BCUT2D eigenvalue weighted by molar-refractivity contribution is 5.86. The molecule has 0 spiro atoms. The van der Waals surface area contributed by atoms with Crippen LogP contribution in [0.1, 0.15) is 46.5 Å². The number of hydrogen-bond donors (Lipinski definition) is 1. The van der Waals surface area contributed by atoms with Gasteiger partial charge in [0.1, 0.15) is 5.78 Å². The normalized spacial score (nSPS) is 51.2. The van der Waals surface area contributed by atoms with E-state index >= 15 is 0 Å². The number of aliphatic hydroxyl groups is 1. The number of likely N-dealkylation sites (tertiary alicyclic amines) is 1. The molecular weight excluding hydrogens is 318 g/mol. The molecule has 2 bridgehead atoms. The summed E-state index contributed by atoms with van der Waals surface area (Å²) in [7, 11) is 3.52. The van der Waals surface area contributed by atoms with Crippen molar-refractivity contribution < 1.29 is 19.4 Å². The summed E-state index contributed by atoms with van der Waals surface area (Å²) < 4.78 is 4.93. The fraction of sp³-hybridized carbons (Fsp3) is 0.900. The van der Waals surface area contributed by atoms with E-state index in [1.807, 2.05) is 0 Å². The molecule has 0 radical (unpaired) electrons. The molecule has 4 aliphatic rings. The molecule has 1 heterocycles. The van der Waals surface area contributed by atoms with Crippen LogP contribution in [-0.4, -0.2) is 53.6 Å². The molecule has 4 rings (SSSR count). The number of Topliss-reactive ketones (excluding diaryl/α,β-unsaturated/α-hetero) is 1. The van der Waals surface area contributed by atoms with E-state index in [4.69, 9.17) is 4.74 Å². The first-order valence-electron chi connectivity index (χ1n) is 9.72. The molecule has 25 heavy (non-hydrogen) atoms. The topological polar surface area (TPSA) is 66.8 Å². The molecule has 1 aliphatic heterocycles. The van der Waals surface area contributed by atoms with E-state index in [2.05, 4.69) is 32.7 Å². The molecule has 0 aromatic heterocycles. The maximum atomic E-state index is 12.9. The second-order valence-electron chi connectivity index (χ2n) is 9.44. The number of methoxy groups -OCH3 is 1. The van der Waals surface area contributed by atoms with Gasteiger partial charge in [-0.25, -0.2) is 0 Å². The van der Waals surface area contributed by atoms with Crippen molar-refractivity contribution in [2.24, 2.45) is 35.0 Å². The molecule has 3 saturated carbocycles. The third-order valence-electron chi connectivity index (χ3n) is 8.54. The minimum atomic E-state index is -0.930. The maximum Gasteiger partial charge on any atom is 0.307 e. The molecule has 1 saturated heterocycles. The van der Waals surface area contributed by atoms with Crippen molar-refractivity contribution in [2.45, 2.75) is 64.1 Å². The predicted molar refractivity (Wildman–Crippen MR) is 92.7 cm³/mol. The quantitative estimate of drug-likeness (QED) is 0.788. The minimum Gasteiger partial charge on any atom is -0.469 e. The lowest BCUT2D eigenvalue weighted by atomic mass is 9.52. The highest BCUT2D eigenvalue weighted by Gasteiger charge is 2.78. The Balaban J connectivity index is 1.82. The zero-order valence-electron chi connectivity index (χ0n) is 16.0. The summed E-state index contributed by atoms with van der Waals surface area (Å²) in [5.74, 6) is 1.01. The monoisotopic (exact) mass is 349 g/mol. The van der Waals surface area contributed by atoms with Crippen molar-refractivity contribution in [3.63, 3.8) is 0 Å². The molecule has 3 aliphatic carbocycles. The van der Waals surface area contributed by atoms with Crippen molar-refractivity contribution in [1.29, 1.82) is 0 Å². The summed E-state index contributed by atoms with van der Waals surface area (Å²) in [6.45, 7) is 6.56. The molecule has 0 amide bonds. The van der Waals surface area contributed by atoms with Crippen LogP contribution in [0.2, 0.25) is 0 Å². The van der Waals surface area contributed by atoms with Crippen molar-refractivity contribution >= 4 is 11.8 Å². The Labute approximate surface area is 150 Å². The van der Waals surface area contributed by atoms with E-state index in [1.165, 1.54) is 7.11 Å². The summed E-state index contributed by atoms with van der Waals surface area (Å²) in [5.41, 5.74) is -1.24. The van der Waals surface area contributed by atoms with Crippen LogP contribution in [0.4, 0.5) is 0 Å². The van der Waals surface area contributed by atoms with Gasteiger partial charge in [-0.1, -0.05) is 20.8 Å². The number of ketones is 1. The molecule has 5 nitrogen and oxygen atoms in total. The van der Waals surface area contributed by atoms with Crippen molar-refractivity contribution in [3.8, 4) is 0 Å². The summed E-state index contributed by atoms with van der Waals surface area (Å²) in [6.07, 6.45) is 2.52. The first kappa shape index (κ1) is 17.5. The van der Waals surface area contributed by atoms with Crippen LogP contribution in [-0.2, 0) is 14.3 Å². The van der Waals surface area contributed by atoms with Gasteiger partial charge < -0.3 is 9.84 Å². The number of carbonyl (C=O) groups excluding carboxylic acids is 2. The summed E-state index contributed by atoms with van der Waals surface area (Å²) in [5, 5.41) is 11.9. The lowest BCUT2D eigenvalue weighted by molar-refractivity contribution is -0.177. The van der Waals surface area contributed by atoms with Gasteiger partial charge in [0, 0.05) is 23.9 Å². The number of fused-ring (bicyclic) bond motifs is 4. The Morgan fingerprint density at radius 1 is 1.44 bits per heavy atom. The van der Waals surface area contributed by atoms with Crippen molar-refractivity contribution in [2.75, 3.05) is 14.2 Å². The molecule has 0 aromatic rings. The summed E-state index contributed by atoms with van der Waals surface area (Å²) >= 11 is 0. The molecule has 5 heteroatoms. The van der Waals surface area contributed by atoms with E-state index in [0.717, 1.165) is 6.42 Å². The number of carbonyl (C=O) groups is 2. The van der Waals surface area contributed by atoms with E-state index in [0.29, 0.717) is 25.2 Å². The van der Waals surface area contributed by atoms with Crippen LogP contribution in [0.3, 0.4) is 0 Å². The highest BCUT2D eigenvalue weighted by atomic mass is 16.5. The number of hydrogen-bond acceptors (Lipinski definition) is 5. The average Bonchev–Trinajstić information content (AvgIpc) is 3.07. The Bertz CT molecular complexity index is 619. The van der Waals surface area contributed by atoms with Crippen LogP contribution in [0.15, 0.2) is 0 Å². The maximum absolute atomic E-state index is 12.9. The lowest BCUT2D eigenvalue weighted by Crippen LogP contribution is -2.64. The van der Waals surface area contributed by atoms with Crippen LogP contribution >= 0.6 is 0 Å². The van der Waals surface area contributed by atoms with E-state index in [9.17, 15) is 14.7 Å². The van der Waals surface area contributed by atoms with Crippen LogP contribution in [0.5, 0.6) is 0 Å². The Kier molecular flexibility index (Phi) is 3.70. The smallest absolute Gasteiger partial charge is 0.307 e. The highest BCUT2D eigenvalue weighted by Crippen LogP contribution is 2.72. The third-order valence-corrected chi connectivity index (χ3v) is 8.54. The first-order chi connectivity index (χ1) is 11.7. The second kappa shape index (κ2) is 5.29. The van der Waals surface area contributed by atoms with E-state index in [1.54, 1.807) is 0 Å². The Morgan fingerprint density at radius 3 is 2.72 bits per heavy atom. The van der Waals surface area contributed by atoms with Gasteiger partial charge in [-0.05, 0) is 43.6 Å². The Hall–Kier alpha value is -0.940. The zero-order chi connectivity index (χ0) is 18.3. The first-order valence-corrected chi connectivity index (χ1v) is 9.72. The van der Waals surface area contributed by atoms with Crippen LogP contribution in [0.25, 0.3) is 0 Å². The fourth-order valence-corrected chi connectivity index (χ4v) is 7.77. The molecular formula is C20H31NO4. The lowest BCUT2D eigenvalue weighted by Gasteiger charge is -2.56. The van der Waals surface area contributed by atoms with Gasteiger partial charge in [-0.2, -0.15) is 0 Å². The molecule has 1 unspecified atom stereocenters. The number of esters is 1. The van der Waals surface area contributed by atoms with Gasteiger partial charge in [0.05, 0.1) is 25.0 Å². The number of nitrogens with zero attached hydrogens (tertiary/aromatic N) is 1. The molecule has 4 fully saturated rings. The fourth-order valence-electron chi connectivity index (χ4n) is 7.77. The SMILES string of the molecule is COC(=O)CC1[C@H]2CC[C@@]3(O)[C@H]4C(=O)C[C@H]([C@H]4C(C)C)[C@@H](N1C)[C@@]23C.